The van der Waals surface area contributed by atoms with Crippen LogP contribution < -0.4 is 15.8 Å². The number of nitrogens with zero attached hydrogens (tertiary/aromatic N) is 6. The molecule has 12 nitrogen and oxygen atoms in total. The molecule has 2 aromatic heterocycles. The number of hydrogen-bond donors (Lipinski definition) is 1. The number of rotatable bonds is 5. The minimum Gasteiger partial charge on any atom is -0.444 e. The van der Waals surface area contributed by atoms with Gasteiger partial charge in [-0.3, -0.25) is 9.59 Å². The van der Waals surface area contributed by atoms with Gasteiger partial charge in [-0.2, -0.15) is 22.7 Å². The fraction of sp³-hybridized carbons (Fsp3) is 0.516. The molecule has 2 saturated heterocycles. The molecule has 0 saturated carbocycles. The Labute approximate surface area is 273 Å². The van der Waals surface area contributed by atoms with E-state index in [1.54, 1.807) is 37.2 Å². The lowest BCUT2D eigenvalue weighted by atomic mass is 9.82. The van der Waals surface area contributed by atoms with E-state index in [0.717, 1.165) is 30.2 Å². The number of aromatic nitrogens is 4. The van der Waals surface area contributed by atoms with Crippen molar-refractivity contribution in [1.29, 1.82) is 0 Å². The maximum Gasteiger partial charge on any atom is 0.416 e. The van der Waals surface area contributed by atoms with Crippen molar-refractivity contribution in [1.82, 2.24) is 24.1 Å². The van der Waals surface area contributed by atoms with Gasteiger partial charge < -0.3 is 29.2 Å². The van der Waals surface area contributed by atoms with Gasteiger partial charge >= 0.3 is 12.3 Å². The van der Waals surface area contributed by atoms with E-state index < -0.39 is 34.9 Å². The molecule has 2 unspecified atom stereocenters. The van der Waals surface area contributed by atoms with Gasteiger partial charge in [-0.25, -0.2) is 4.79 Å². The molecule has 0 radical (unpaired) electrons. The molecule has 3 aromatic rings. The normalized spacial score (nSPS) is 20.0. The summed E-state index contributed by atoms with van der Waals surface area (Å²) < 4.78 is 53.2. The Bertz CT molecular complexity index is 1830. The number of nitrogens with one attached hydrogen (secondary N) is 1. The van der Waals surface area contributed by atoms with E-state index in [-0.39, 0.29) is 35.0 Å². The highest BCUT2D eigenvalue weighted by molar-refractivity contribution is 6.33. The van der Waals surface area contributed by atoms with Gasteiger partial charge in [0.25, 0.3) is 5.56 Å². The van der Waals surface area contributed by atoms with E-state index in [9.17, 15) is 27.6 Å². The van der Waals surface area contributed by atoms with Gasteiger partial charge in [-0.1, -0.05) is 17.7 Å². The number of carbonyl (C=O) groups is 2. The van der Waals surface area contributed by atoms with Gasteiger partial charge in [0.15, 0.2) is 5.82 Å². The first-order valence-electron chi connectivity index (χ1n) is 15.3. The first kappa shape index (κ1) is 32.8. The average molecular weight is 678 g/mol. The second kappa shape index (κ2) is 12.2. The summed E-state index contributed by atoms with van der Waals surface area (Å²) in [4.78, 5) is 48.6. The number of anilines is 2. The maximum atomic E-state index is 14.1. The Kier molecular flexibility index (Phi) is 8.49. The Morgan fingerprint density at radius 2 is 1.96 bits per heavy atom. The number of amides is 2. The fourth-order valence-corrected chi connectivity index (χ4v) is 6.43. The molecule has 6 rings (SSSR count). The monoisotopic (exact) mass is 677 g/mol. The van der Waals surface area contributed by atoms with Crippen LogP contribution in [0.15, 0.2) is 29.1 Å². The summed E-state index contributed by atoms with van der Waals surface area (Å²) in [6, 6.07) is 2.51. The lowest BCUT2D eigenvalue weighted by molar-refractivity contribution is -0.137. The van der Waals surface area contributed by atoms with Crippen molar-refractivity contribution in [3.05, 3.63) is 56.7 Å². The first-order chi connectivity index (χ1) is 22.1. The summed E-state index contributed by atoms with van der Waals surface area (Å²) >= 11 is 6.10. The van der Waals surface area contributed by atoms with Gasteiger partial charge in [0.2, 0.25) is 11.7 Å². The van der Waals surface area contributed by atoms with Crippen molar-refractivity contribution < 1.29 is 32.2 Å². The van der Waals surface area contributed by atoms with Crippen LogP contribution in [-0.2, 0) is 27.0 Å². The third kappa shape index (κ3) is 6.55. The van der Waals surface area contributed by atoms with Gasteiger partial charge in [0, 0.05) is 31.2 Å². The van der Waals surface area contributed by atoms with Crippen LogP contribution in [-0.4, -0.2) is 80.6 Å². The third-order valence-electron chi connectivity index (χ3n) is 8.59. The number of likely N-dealkylation sites (tertiary alicyclic amines) is 1. The number of fused-ring (bicyclic) bond motifs is 2. The number of carbonyl (C=O) groups excluding carboxylic acids is 2. The first-order valence-corrected chi connectivity index (χ1v) is 15.7. The van der Waals surface area contributed by atoms with E-state index in [1.165, 1.54) is 4.52 Å². The average Bonchev–Trinajstić information content (AvgIpc) is 3.43. The SMILES string of the molecule is Cc1c(N2CC3CCN(C(=O)OC(C)(C)C)CC32)c(=O)n2nc(C3=CCOCC3)nc2n1CC(=O)Nc1ccc(C(F)(F)F)cc1Cl. The van der Waals surface area contributed by atoms with Crippen molar-refractivity contribution in [3.8, 4) is 0 Å². The number of hydrogen-bond acceptors (Lipinski definition) is 8. The van der Waals surface area contributed by atoms with Crippen molar-refractivity contribution in [2.45, 2.75) is 64.9 Å². The standard InChI is InChI=1S/C31H35ClF3N7O5/c1-17-25(41-14-19-7-10-39(15-23(19)41)29(45)47-30(2,3)4)27(44)42-28(37-26(38-42)18-8-11-46-12-9-18)40(17)16-24(43)36-22-6-5-20(13-21(22)32)31(33,34)35/h5-6,8,13,19,23H,7,9-12,14-16H2,1-4H3,(H,36,43). The largest absolute Gasteiger partial charge is 0.444 e. The second-order valence-corrected chi connectivity index (χ2v) is 13.4. The fourth-order valence-electron chi connectivity index (χ4n) is 6.21. The maximum absolute atomic E-state index is 14.1. The van der Waals surface area contributed by atoms with Crippen LogP contribution >= 0.6 is 11.6 Å². The Morgan fingerprint density at radius 3 is 2.62 bits per heavy atom. The van der Waals surface area contributed by atoms with Crippen LogP contribution in [0.5, 0.6) is 0 Å². The summed E-state index contributed by atoms with van der Waals surface area (Å²) in [5, 5.41) is 6.85. The third-order valence-corrected chi connectivity index (χ3v) is 8.90. The summed E-state index contributed by atoms with van der Waals surface area (Å²) in [7, 11) is 0. The summed E-state index contributed by atoms with van der Waals surface area (Å²) in [6.07, 6.45) is -1.88. The molecule has 16 heteroatoms. The Morgan fingerprint density at radius 1 is 1.19 bits per heavy atom. The lowest BCUT2D eigenvalue weighted by Gasteiger charge is -2.54. The lowest BCUT2D eigenvalue weighted by Crippen LogP contribution is -2.66. The van der Waals surface area contributed by atoms with Gasteiger partial charge in [-0.05, 0) is 64.3 Å². The molecule has 2 fully saturated rings. The molecule has 5 heterocycles. The molecule has 252 valence electrons. The van der Waals surface area contributed by atoms with E-state index >= 15 is 0 Å². The summed E-state index contributed by atoms with van der Waals surface area (Å²) in [5.41, 5.74) is -0.439. The van der Waals surface area contributed by atoms with E-state index in [2.05, 4.69) is 15.4 Å². The van der Waals surface area contributed by atoms with Crippen molar-refractivity contribution in [2.75, 3.05) is 43.1 Å². The molecule has 0 spiro atoms. The molecule has 3 aliphatic heterocycles. The number of halogens is 4. The van der Waals surface area contributed by atoms with Crippen LogP contribution in [0.3, 0.4) is 0 Å². The molecule has 1 N–H and O–H groups in total. The van der Waals surface area contributed by atoms with Crippen molar-refractivity contribution >= 4 is 46.3 Å². The molecule has 1 aromatic carbocycles. The second-order valence-electron chi connectivity index (χ2n) is 13.0. The van der Waals surface area contributed by atoms with Gasteiger partial charge in [0.05, 0.1) is 35.5 Å². The highest BCUT2D eigenvalue weighted by atomic mass is 35.5. The highest BCUT2D eigenvalue weighted by Gasteiger charge is 2.46. The number of ether oxygens (including phenoxy) is 2. The summed E-state index contributed by atoms with van der Waals surface area (Å²) in [6.45, 7) is 9.11. The minimum absolute atomic E-state index is 0.00384. The molecular formula is C31H35ClF3N7O5. The zero-order valence-electron chi connectivity index (χ0n) is 26.4. The van der Waals surface area contributed by atoms with Crippen LogP contribution in [0.25, 0.3) is 11.4 Å². The number of alkyl halides is 3. The molecule has 2 atom stereocenters. The Hall–Kier alpha value is -4.11. The minimum atomic E-state index is -4.59. The summed E-state index contributed by atoms with van der Waals surface area (Å²) in [5.74, 6) is 0.109. The van der Waals surface area contributed by atoms with E-state index in [4.69, 9.17) is 21.1 Å². The van der Waals surface area contributed by atoms with Crippen LogP contribution in [0.4, 0.5) is 29.3 Å². The smallest absolute Gasteiger partial charge is 0.416 e. The quantitative estimate of drug-likeness (QED) is 0.410. The number of benzene rings is 1. The molecule has 0 aliphatic carbocycles. The molecule has 0 bridgehead atoms. The topological polar surface area (TPSA) is 123 Å². The van der Waals surface area contributed by atoms with Gasteiger partial charge in [-0.15, -0.1) is 5.10 Å². The predicted octanol–water partition coefficient (Wildman–Crippen LogP) is 4.76. The van der Waals surface area contributed by atoms with Crippen molar-refractivity contribution in [2.24, 2.45) is 5.92 Å². The van der Waals surface area contributed by atoms with Gasteiger partial charge in [0.1, 0.15) is 17.8 Å². The zero-order valence-corrected chi connectivity index (χ0v) is 27.1. The molecule has 47 heavy (non-hydrogen) atoms. The molecular weight excluding hydrogens is 643 g/mol. The van der Waals surface area contributed by atoms with E-state index in [0.29, 0.717) is 56.5 Å². The molecule has 2 amide bonds. The predicted molar refractivity (Wildman–Crippen MR) is 168 cm³/mol. The van der Waals surface area contributed by atoms with Crippen LogP contribution in [0.2, 0.25) is 5.02 Å². The molecule has 3 aliphatic rings. The van der Waals surface area contributed by atoms with E-state index in [1.807, 2.05) is 11.0 Å². The number of piperidine rings is 1. The highest BCUT2D eigenvalue weighted by Crippen LogP contribution is 2.38. The van der Waals surface area contributed by atoms with Crippen molar-refractivity contribution in [3.63, 3.8) is 0 Å². The van der Waals surface area contributed by atoms with Crippen LogP contribution in [0.1, 0.15) is 50.7 Å². The Balaban J connectivity index is 1.35. The zero-order chi connectivity index (χ0) is 33.8. The van der Waals surface area contributed by atoms with Crippen LogP contribution in [0, 0.1) is 12.8 Å².